The Morgan fingerprint density at radius 3 is 2.78 bits per heavy atom. The topological polar surface area (TPSA) is 78.5 Å². The predicted octanol–water partition coefficient (Wildman–Crippen LogP) is 4.47. The van der Waals surface area contributed by atoms with Crippen LogP contribution in [0.25, 0.3) is 11.5 Å². The van der Waals surface area contributed by atoms with Gasteiger partial charge in [0.1, 0.15) is 12.0 Å². The van der Waals surface area contributed by atoms with E-state index in [0.29, 0.717) is 12.0 Å². The van der Waals surface area contributed by atoms with Gasteiger partial charge < -0.3 is 15.6 Å². The van der Waals surface area contributed by atoms with Gasteiger partial charge in [-0.15, -0.1) is 5.92 Å². The predicted molar refractivity (Wildman–Crippen MR) is 108 cm³/mol. The highest BCUT2D eigenvalue weighted by molar-refractivity contribution is 5.71. The van der Waals surface area contributed by atoms with Gasteiger partial charge in [-0.25, -0.2) is 9.97 Å². The van der Waals surface area contributed by atoms with Crippen LogP contribution in [0.1, 0.15) is 50.2 Å². The second-order valence-electron chi connectivity index (χ2n) is 7.01. The summed E-state index contributed by atoms with van der Waals surface area (Å²) in [6.45, 7) is 3.91. The fraction of sp³-hybridized carbons (Fsp3) is 0.381. The van der Waals surface area contributed by atoms with Crippen molar-refractivity contribution in [1.82, 2.24) is 19.9 Å². The molecule has 0 spiro atoms. The molecular weight excluding hydrogens is 336 g/mol. The van der Waals surface area contributed by atoms with Crippen molar-refractivity contribution in [3.05, 3.63) is 35.7 Å². The molecule has 0 bridgehead atoms. The Kier molecular flexibility index (Phi) is 4.93. The van der Waals surface area contributed by atoms with Crippen LogP contribution in [0.15, 0.2) is 24.5 Å². The lowest BCUT2D eigenvalue weighted by molar-refractivity contribution is 0.462. The van der Waals surface area contributed by atoms with E-state index in [1.807, 2.05) is 19.1 Å². The van der Waals surface area contributed by atoms with Crippen LogP contribution in [-0.4, -0.2) is 26.0 Å². The highest BCUT2D eigenvalue weighted by Gasteiger charge is 2.20. The maximum Gasteiger partial charge on any atom is 0.208 e. The second kappa shape index (κ2) is 7.67. The molecule has 1 aromatic carbocycles. The van der Waals surface area contributed by atoms with Crippen LogP contribution >= 0.6 is 0 Å². The van der Waals surface area contributed by atoms with Crippen LogP contribution < -0.4 is 10.6 Å². The van der Waals surface area contributed by atoms with E-state index in [1.165, 1.54) is 32.1 Å². The standard InChI is InChI=1S/C21H24N6/c1-3-7-15-10-11-17(14(2)12-15)25-21-26-19-18(22-13-23-19)20(27-21)24-16-8-5-4-6-9-16/h10-13,16H,4-6,8-9H2,1-2H3,(H3,22,23,24,25,26,27). The van der Waals surface area contributed by atoms with Crippen molar-refractivity contribution in [3.63, 3.8) is 0 Å². The first kappa shape index (κ1) is 17.3. The zero-order chi connectivity index (χ0) is 18.6. The Bertz CT molecular complexity index is 958. The van der Waals surface area contributed by atoms with E-state index in [1.54, 1.807) is 6.33 Å². The molecule has 2 heterocycles. The molecule has 3 N–H and O–H groups in total. The van der Waals surface area contributed by atoms with E-state index in [2.05, 4.69) is 50.4 Å². The molecule has 0 saturated heterocycles. The second-order valence-corrected chi connectivity index (χ2v) is 7.01. The molecule has 4 rings (SSSR count). The van der Waals surface area contributed by atoms with Crippen molar-refractivity contribution >= 4 is 17.5 Å². The number of aromatic amines is 1. The third-order valence-electron chi connectivity index (χ3n) is 4.98. The normalized spacial score (nSPS) is 14.6. The Labute approximate surface area is 159 Å². The number of benzene rings is 1. The highest BCUT2D eigenvalue weighted by atomic mass is 15.2. The summed E-state index contributed by atoms with van der Waals surface area (Å²) in [6.07, 6.45) is 7.79. The van der Waals surface area contributed by atoms with E-state index in [-0.39, 0.29) is 0 Å². The number of rotatable bonds is 4. The lowest BCUT2D eigenvalue weighted by Crippen LogP contribution is -2.23. The van der Waals surface area contributed by atoms with Crippen molar-refractivity contribution in [2.45, 2.75) is 52.0 Å². The molecular formula is C21H24N6. The van der Waals surface area contributed by atoms with Crippen molar-refractivity contribution < 1.29 is 0 Å². The molecule has 0 atom stereocenters. The Morgan fingerprint density at radius 2 is 2.00 bits per heavy atom. The highest BCUT2D eigenvalue weighted by Crippen LogP contribution is 2.29. The van der Waals surface area contributed by atoms with Gasteiger partial charge in [0, 0.05) is 17.3 Å². The number of hydrogen-bond acceptors (Lipinski definition) is 5. The molecule has 27 heavy (non-hydrogen) atoms. The fourth-order valence-electron chi connectivity index (χ4n) is 3.59. The van der Waals surface area contributed by atoms with Crippen molar-refractivity contribution in [1.29, 1.82) is 0 Å². The molecule has 1 aromatic rings. The molecule has 2 aliphatic heterocycles. The number of imidazole rings is 1. The average molecular weight is 360 g/mol. The smallest absolute Gasteiger partial charge is 0.208 e. The van der Waals surface area contributed by atoms with E-state index in [9.17, 15) is 0 Å². The summed E-state index contributed by atoms with van der Waals surface area (Å²) in [6, 6.07) is 6.56. The molecule has 0 aromatic heterocycles. The van der Waals surface area contributed by atoms with Gasteiger partial charge >= 0.3 is 0 Å². The molecule has 6 nitrogen and oxygen atoms in total. The number of nitrogens with one attached hydrogen (secondary N) is 3. The third kappa shape index (κ3) is 3.87. The minimum Gasteiger partial charge on any atom is -0.365 e. The summed E-state index contributed by atoms with van der Waals surface area (Å²) in [4.78, 5) is 16.7. The SMILES string of the molecule is CC#Cc1ccc(Nc2nc(NC3CCCCC3)c3ncnc-3[nH]2)c(C)c1. The first-order chi connectivity index (χ1) is 13.2. The van der Waals surface area contributed by atoms with Crippen molar-refractivity contribution in [2.75, 3.05) is 10.6 Å². The van der Waals surface area contributed by atoms with Gasteiger partial charge in [0.05, 0.1) is 0 Å². The quantitative estimate of drug-likeness (QED) is 0.598. The maximum atomic E-state index is 4.75. The van der Waals surface area contributed by atoms with Crippen LogP contribution in [0.4, 0.5) is 17.5 Å². The van der Waals surface area contributed by atoms with E-state index >= 15 is 0 Å². The largest absolute Gasteiger partial charge is 0.365 e. The number of H-pyrrole nitrogens is 1. The van der Waals surface area contributed by atoms with Crippen molar-refractivity contribution in [3.8, 4) is 23.4 Å². The maximum absolute atomic E-state index is 4.75. The van der Waals surface area contributed by atoms with Gasteiger partial charge in [-0.05, 0) is 50.5 Å². The number of aryl methyl sites for hydroxylation is 1. The lowest BCUT2D eigenvalue weighted by Gasteiger charge is -2.24. The zero-order valence-electron chi connectivity index (χ0n) is 15.8. The van der Waals surface area contributed by atoms with E-state index in [0.717, 1.165) is 34.2 Å². The van der Waals surface area contributed by atoms with Gasteiger partial charge in [0.2, 0.25) is 5.95 Å². The lowest BCUT2D eigenvalue weighted by atomic mass is 9.95. The molecule has 1 fully saturated rings. The minimum atomic E-state index is 0.454. The zero-order valence-corrected chi connectivity index (χ0v) is 15.8. The van der Waals surface area contributed by atoms with Gasteiger partial charge in [-0.1, -0.05) is 25.2 Å². The van der Waals surface area contributed by atoms with Crippen molar-refractivity contribution in [2.24, 2.45) is 0 Å². The fourth-order valence-corrected chi connectivity index (χ4v) is 3.59. The van der Waals surface area contributed by atoms with E-state index < -0.39 is 0 Å². The summed E-state index contributed by atoms with van der Waals surface area (Å²) < 4.78 is 0. The van der Waals surface area contributed by atoms with E-state index in [4.69, 9.17) is 4.98 Å². The number of fused-ring (bicyclic) bond motifs is 1. The number of aromatic nitrogens is 4. The van der Waals surface area contributed by atoms with Gasteiger partial charge in [0.25, 0.3) is 0 Å². The number of nitrogens with zero attached hydrogens (tertiary/aromatic N) is 3. The molecule has 0 unspecified atom stereocenters. The molecule has 0 amide bonds. The third-order valence-corrected chi connectivity index (χ3v) is 4.98. The Balaban J connectivity index is 1.61. The number of anilines is 3. The summed E-state index contributed by atoms with van der Waals surface area (Å²) in [5.41, 5.74) is 3.90. The molecule has 138 valence electrons. The first-order valence-electron chi connectivity index (χ1n) is 9.50. The molecule has 1 saturated carbocycles. The van der Waals surface area contributed by atoms with Crippen LogP contribution in [0.5, 0.6) is 0 Å². The van der Waals surface area contributed by atoms with Crippen LogP contribution in [0.3, 0.4) is 0 Å². The van der Waals surface area contributed by atoms with Gasteiger partial charge in [0.15, 0.2) is 11.6 Å². The van der Waals surface area contributed by atoms with Crippen LogP contribution in [0.2, 0.25) is 0 Å². The van der Waals surface area contributed by atoms with Gasteiger partial charge in [-0.2, -0.15) is 4.98 Å². The summed E-state index contributed by atoms with van der Waals surface area (Å²) >= 11 is 0. The average Bonchev–Trinajstić information content (AvgIpc) is 3.14. The minimum absolute atomic E-state index is 0.454. The van der Waals surface area contributed by atoms with Crippen LogP contribution in [0, 0.1) is 18.8 Å². The molecule has 3 aliphatic rings. The molecule has 0 radical (unpaired) electrons. The Hall–Kier alpha value is -3.07. The molecule has 6 heteroatoms. The summed E-state index contributed by atoms with van der Waals surface area (Å²) in [5, 5.41) is 6.96. The Morgan fingerprint density at radius 1 is 1.15 bits per heavy atom. The molecule has 1 aliphatic carbocycles. The summed E-state index contributed by atoms with van der Waals surface area (Å²) in [5.74, 6) is 8.19. The summed E-state index contributed by atoms with van der Waals surface area (Å²) in [7, 11) is 0. The monoisotopic (exact) mass is 360 g/mol. The van der Waals surface area contributed by atoms with Gasteiger partial charge in [-0.3, -0.25) is 0 Å². The first-order valence-corrected chi connectivity index (χ1v) is 9.50. The number of hydrogen-bond donors (Lipinski definition) is 3. The van der Waals surface area contributed by atoms with Crippen LogP contribution in [-0.2, 0) is 0 Å².